The summed E-state index contributed by atoms with van der Waals surface area (Å²) < 4.78 is 5.93. The largest absolute Gasteiger partial charge is 0.374 e. The second-order valence-corrected chi connectivity index (χ2v) is 5.17. The normalized spacial score (nSPS) is 25.5. The van der Waals surface area contributed by atoms with E-state index in [9.17, 15) is 0 Å². The van der Waals surface area contributed by atoms with Crippen molar-refractivity contribution in [1.82, 2.24) is 25.5 Å². The third-order valence-electron chi connectivity index (χ3n) is 3.56. The zero-order valence-corrected chi connectivity index (χ0v) is 11.5. The average Bonchev–Trinajstić information content (AvgIpc) is 2.94. The molecule has 1 fully saturated rings. The van der Waals surface area contributed by atoms with E-state index in [-0.39, 0.29) is 11.6 Å². The summed E-state index contributed by atoms with van der Waals surface area (Å²) in [6.07, 6.45) is 4.11. The number of tetrazole rings is 1. The fourth-order valence-electron chi connectivity index (χ4n) is 2.49. The molecule has 1 aromatic heterocycles. The van der Waals surface area contributed by atoms with Gasteiger partial charge < -0.3 is 10.1 Å². The molecule has 102 valence electrons. The molecule has 1 N–H and O–H groups in total. The lowest BCUT2D eigenvalue weighted by atomic mass is 9.90. The first-order valence-corrected chi connectivity index (χ1v) is 6.74. The van der Waals surface area contributed by atoms with E-state index in [0.717, 1.165) is 44.7 Å². The lowest BCUT2D eigenvalue weighted by Gasteiger charge is -2.33. The number of hydrogen-bond donors (Lipinski definition) is 1. The van der Waals surface area contributed by atoms with Crippen molar-refractivity contribution in [2.24, 2.45) is 7.05 Å². The first kappa shape index (κ1) is 13.4. The van der Waals surface area contributed by atoms with Crippen LogP contribution in [0, 0.1) is 0 Å². The number of rotatable bonds is 6. The second-order valence-electron chi connectivity index (χ2n) is 5.17. The van der Waals surface area contributed by atoms with E-state index in [2.05, 4.69) is 34.6 Å². The first-order valence-electron chi connectivity index (χ1n) is 6.74. The van der Waals surface area contributed by atoms with Gasteiger partial charge in [0.25, 0.3) is 0 Å². The van der Waals surface area contributed by atoms with Crippen LogP contribution in [0.5, 0.6) is 0 Å². The molecule has 0 aromatic carbocycles. The van der Waals surface area contributed by atoms with Gasteiger partial charge in [0.05, 0.1) is 12.6 Å². The molecule has 1 aliphatic rings. The molecule has 0 saturated carbocycles. The van der Waals surface area contributed by atoms with Crippen molar-refractivity contribution in [3.8, 4) is 0 Å². The fourth-order valence-corrected chi connectivity index (χ4v) is 2.49. The Bertz CT molecular complexity index is 372. The van der Waals surface area contributed by atoms with Gasteiger partial charge in [0.2, 0.25) is 0 Å². The van der Waals surface area contributed by atoms with Crippen LogP contribution < -0.4 is 5.32 Å². The Labute approximate surface area is 108 Å². The monoisotopic (exact) mass is 253 g/mol. The van der Waals surface area contributed by atoms with Gasteiger partial charge in [-0.25, -0.2) is 0 Å². The van der Waals surface area contributed by atoms with Gasteiger partial charge >= 0.3 is 0 Å². The van der Waals surface area contributed by atoms with Crippen LogP contribution in [-0.2, 0) is 18.2 Å². The Morgan fingerprint density at radius 1 is 1.56 bits per heavy atom. The molecule has 0 spiro atoms. The van der Waals surface area contributed by atoms with Crippen molar-refractivity contribution in [2.45, 2.75) is 51.2 Å². The smallest absolute Gasteiger partial charge is 0.176 e. The lowest BCUT2D eigenvalue weighted by Crippen LogP contribution is -2.50. The molecule has 0 aliphatic carbocycles. The van der Waals surface area contributed by atoms with Gasteiger partial charge in [-0.2, -0.15) is 4.80 Å². The van der Waals surface area contributed by atoms with E-state index in [1.165, 1.54) is 4.80 Å². The summed E-state index contributed by atoms with van der Waals surface area (Å²) in [6, 6.07) is 0.254. The molecule has 2 rings (SSSR count). The molecule has 1 saturated heterocycles. The van der Waals surface area contributed by atoms with Crippen LogP contribution in [0.15, 0.2) is 0 Å². The molecule has 18 heavy (non-hydrogen) atoms. The second kappa shape index (κ2) is 5.75. The summed E-state index contributed by atoms with van der Waals surface area (Å²) in [7, 11) is 1.79. The summed E-state index contributed by atoms with van der Waals surface area (Å²) in [6.45, 7) is 6.20. The molecule has 0 amide bonds. The van der Waals surface area contributed by atoms with Gasteiger partial charge in [-0.3, -0.25) is 0 Å². The zero-order chi connectivity index (χ0) is 13.0. The van der Waals surface area contributed by atoms with Gasteiger partial charge in [0, 0.05) is 19.1 Å². The van der Waals surface area contributed by atoms with Crippen LogP contribution in [0.3, 0.4) is 0 Å². The van der Waals surface area contributed by atoms with Crippen molar-refractivity contribution in [2.75, 3.05) is 13.2 Å². The minimum absolute atomic E-state index is 0.103. The molecule has 2 atom stereocenters. The van der Waals surface area contributed by atoms with Crippen LogP contribution in [0.25, 0.3) is 0 Å². The predicted molar refractivity (Wildman–Crippen MR) is 68.2 cm³/mol. The quantitative estimate of drug-likeness (QED) is 0.808. The number of ether oxygens (including phenoxy) is 1. The highest BCUT2D eigenvalue weighted by Gasteiger charge is 2.38. The SMILES string of the molecule is CCCNC(Cc1nnn(C)n1)C1(C)CCCO1. The molecule has 0 bridgehead atoms. The van der Waals surface area contributed by atoms with Crippen molar-refractivity contribution in [3.05, 3.63) is 5.82 Å². The number of aryl methyl sites for hydroxylation is 1. The van der Waals surface area contributed by atoms with E-state index in [1.54, 1.807) is 7.05 Å². The number of nitrogens with zero attached hydrogens (tertiary/aromatic N) is 4. The lowest BCUT2D eigenvalue weighted by molar-refractivity contribution is -0.0119. The van der Waals surface area contributed by atoms with Gasteiger partial charge in [0.15, 0.2) is 5.82 Å². The van der Waals surface area contributed by atoms with Crippen LogP contribution in [0.4, 0.5) is 0 Å². The highest BCUT2D eigenvalue weighted by Crippen LogP contribution is 2.29. The Morgan fingerprint density at radius 3 is 2.94 bits per heavy atom. The van der Waals surface area contributed by atoms with E-state index < -0.39 is 0 Å². The van der Waals surface area contributed by atoms with E-state index >= 15 is 0 Å². The minimum atomic E-state index is -0.103. The van der Waals surface area contributed by atoms with Gasteiger partial charge in [-0.05, 0) is 37.9 Å². The Kier molecular flexibility index (Phi) is 4.29. The molecular weight excluding hydrogens is 230 g/mol. The third kappa shape index (κ3) is 3.05. The van der Waals surface area contributed by atoms with Crippen LogP contribution in [0.2, 0.25) is 0 Å². The summed E-state index contributed by atoms with van der Waals surface area (Å²) in [5.41, 5.74) is -0.103. The molecule has 2 heterocycles. The molecule has 1 aliphatic heterocycles. The highest BCUT2D eigenvalue weighted by molar-refractivity contribution is 4.98. The number of aromatic nitrogens is 4. The van der Waals surface area contributed by atoms with E-state index in [0.29, 0.717) is 0 Å². The van der Waals surface area contributed by atoms with E-state index in [4.69, 9.17) is 4.74 Å². The summed E-state index contributed by atoms with van der Waals surface area (Å²) >= 11 is 0. The van der Waals surface area contributed by atoms with Crippen LogP contribution in [0.1, 0.15) is 38.9 Å². The Morgan fingerprint density at radius 2 is 2.39 bits per heavy atom. The van der Waals surface area contributed by atoms with Gasteiger partial charge in [-0.15, -0.1) is 10.2 Å². The standard InChI is InChI=1S/C12H23N5O/c1-4-7-13-10(12(2)6-5-8-18-12)9-11-14-16-17(3)15-11/h10,13H,4-9H2,1-3H3. The summed E-state index contributed by atoms with van der Waals surface area (Å²) in [4.78, 5) is 1.50. The maximum absolute atomic E-state index is 5.93. The molecular formula is C12H23N5O. The van der Waals surface area contributed by atoms with Gasteiger partial charge in [-0.1, -0.05) is 6.92 Å². The highest BCUT2D eigenvalue weighted by atomic mass is 16.5. The fraction of sp³-hybridized carbons (Fsp3) is 0.917. The predicted octanol–water partition coefficient (Wildman–Crippen LogP) is 0.690. The van der Waals surface area contributed by atoms with Crippen LogP contribution in [-0.4, -0.2) is 45.0 Å². The Hall–Kier alpha value is -1.01. The zero-order valence-electron chi connectivity index (χ0n) is 11.5. The van der Waals surface area contributed by atoms with Gasteiger partial charge in [0.1, 0.15) is 0 Å². The first-order chi connectivity index (χ1) is 8.64. The Balaban J connectivity index is 2.04. The maximum atomic E-state index is 5.93. The maximum Gasteiger partial charge on any atom is 0.176 e. The number of nitrogens with one attached hydrogen (secondary N) is 1. The van der Waals surface area contributed by atoms with E-state index in [1.807, 2.05) is 0 Å². The van der Waals surface area contributed by atoms with Crippen molar-refractivity contribution < 1.29 is 4.74 Å². The van der Waals surface area contributed by atoms with Crippen LogP contribution >= 0.6 is 0 Å². The minimum Gasteiger partial charge on any atom is -0.374 e. The number of hydrogen-bond acceptors (Lipinski definition) is 5. The summed E-state index contributed by atoms with van der Waals surface area (Å²) in [5.74, 6) is 0.780. The van der Waals surface area contributed by atoms with Crippen molar-refractivity contribution >= 4 is 0 Å². The van der Waals surface area contributed by atoms with Crippen molar-refractivity contribution in [1.29, 1.82) is 0 Å². The molecule has 0 radical (unpaired) electrons. The average molecular weight is 253 g/mol. The molecule has 6 heteroatoms. The third-order valence-corrected chi connectivity index (χ3v) is 3.56. The molecule has 6 nitrogen and oxygen atoms in total. The molecule has 1 aromatic rings. The topological polar surface area (TPSA) is 64.9 Å². The molecule has 2 unspecified atom stereocenters. The van der Waals surface area contributed by atoms with Crippen molar-refractivity contribution in [3.63, 3.8) is 0 Å². The summed E-state index contributed by atoms with van der Waals surface area (Å²) in [5, 5.41) is 15.8.